The first kappa shape index (κ1) is 13.5. The lowest BCUT2D eigenvalue weighted by Crippen LogP contribution is -2.37. The van der Waals surface area contributed by atoms with Gasteiger partial charge in [-0.1, -0.05) is 0 Å². The van der Waals surface area contributed by atoms with Gasteiger partial charge >= 0.3 is 11.9 Å². The topological polar surface area (TPSA) is 63.6 Å². The summed E-state index contributed by atoms with van der Waals surface area (Å²) >= 11 is 0. The molecule has 0 bridgehead atoms. The Labute approximate surface area is 89.6 Å². The minimum atomic E-state index is -1.49. The third-order valence-corrected chi connectivity index (χ3v) is 2.12. The Bertz CT molecular complexity index is 297. The van der Waals surface area contributed by atoms with E-state index in [1.165, 1.54) is 6.92 Å². The van der Waals surface area contributed by atoms with Crippen LogP contribution in [0.4, 0.5) is 0 Å². The Morgan fingerprint density at radius 1 is 1.47 bits per heavy atom. The van der Waals surface area contributed by atoms with Crippen molar-refractivity contribution >= 4 is 11.9 Å². The Hall–Kier alpha value is -1.50. The summed E-state index contributed by atoms with van der Waals surface area (Å²) in [7, 11) is 0. The first-order chi connectivity index (χ1) is 6.99. The van der Waals surface area contributed by atoms with Crippen molar-refractivity contribution in [3.05, 3.63) is 0 Å². The predicted octanol–water partition coefficient (Wildman–Crippen LogP) is 1.44. The summed E-state index contributed by atoms with van der Waals surface area (Å²) in [5.74, 6) is 3.52. The van der Waals surface area contributed by atoms with Crippen LogP contribution in [0.5, 0.6) is 0 Å². The molecule has 0 aliphatic rings. The molecule has 0 spiro atoms. The molecule has 0 amide bonds. The normalized spacial score (nSPS) is 13.3. The quantitative estimate of drug-likeness (QED) is 0.425. The smallest absolute Gasteiger partial charge is 0.323 e. The molecule has 15 heavy (non-hydrogen) atoms. The molecule has 0 saturated heterocycles. The molecular weight excluding hydrogens is 196 g/mol. The molecule has 0 aromatic carbocycles. The van der Waals surface area contributed by atoms with E-state index in [0.717, 1.165) is 0 Å². The van der Waals surface area contributed by atoms with Gasteiger partial charge in [0.1, 0.15) is 0 Å². The monoisotopic (exact) mass is 212 g/mol. The average Bonchev–Trinajstić information content (AvgIpc) is 2.18. The Morgan fingerprint density at radius 2 is 2.07 bits per heavy atom. The van der Waals surface area contributed by atoms with Crippen molar-refractivity contribution in [2.75, 3.05) is 6.61 Å². The lowest BCUT2D eigenvalue weighted by molar-refractivity contribution is -0.167. The van der Waals surface area contributed by atoms with Crippen LogP contribution in [0.25, 0.3) is 0 Å². The third-order valence-electron chi connectivity index (χ3n) is 2.12. The van der Waals surface area contributed by atoms with Gasteiger partial charge in [-0.05, 0) is 27.2 Å². The number of hydrogen-bond donors (Lipinski definition) is 1. The summed E-state index contributed by atoms with van der Waals surface area (Å²) < 4.78 is 4.73. The highest BCUT2D eigenvalue weighted by molar-refractivity contribution is 5.98. The van der Waals surface area contributed by atoms with E-state index in [9.17, 15) is 9.59 Å². The maximum absolute atomic E-state index is 11.4. The molecule has 4 nitrogen and oxygen atoms in total. The second-order valence-electron chi connectivity index (χ2n) is 3.28. The number of carboxylic acid groups (broad SMARTS) is 1. The number of carboxylic acids is 1. The van der Waals surface area contributed by atoms with Crippen LogP contribution in [0.3, 0.4) is 0 Å². The molecule has 1 unspecified atom stereocenters. The zero-order chi connectivity index (χ0) is 11.9. The molecule has 0 saturated carbocycles. The lowest BCUT2D eigenvalue weighted by atomic mass is 9.85. The SMILES string of the molecule is CC#CCCC(C)(C(=O)O)C(=O)OCC. The fourth-order valence-corrected chi connectivity index (χ4v) is 1.02. The first-order valence-corrected chi connectivity index (χ1v) is 4.79. The highest BCUT2D eigenvalue weighted by Crippen LogP contribution is 2.25. The van der Waals surface area contributed by atoms with Gasteiger partial charge in [-0.15, -0.1) is 11.8 Å². The van der Waals surface area contributed by atoms with Crippen LogP contribution in [0.1, 0.15) is 33.6 Å². The summed E-state index contributed by atoms with van der Waals surface area (Å²) in [4.78, 5) is 22.4. The van der Waals surface area contributed by atoms with E-state index < -0.39 is 17.4 Å². The maximum Gasteiger partial charge on any atom is 0.323 e. The van der Waals surface area contributed by atoms with Crippen molar-refractivity contribution in [3.8, 4) is 11.8 Å². The summed E-state index contributed by atoms with van der Waals surface area (Å²) in [6, 6.07) is 0. The van der Waals surface area contributed by atoms with E-state index in [-0.39, 0.29) is 13.0 Å². The van der Waals surface area contributed by atoms with Gasteiger partial charge in [0.2, 0.25) is 0 Å². The molecule has 1 atom stereocenters. The van der Waals surface area contributed by atoms with Crippen molar-refractivity contribution in [1.82, 2.24) is 0 Å². The zero-order valence-corrected chi connectivity index (χ0v) is 9.29. The molecule has 0 aromatic rings. The van der Waals surface area contributed by atoms with Crippen molar-refractivity contribution in [1.29, 1.82) is 0 Å². The number of aliphatic carboxylic acids is 1. The van der Waals surface area contributed by atoms with Gasteiger partial charge in [0.15, 0.2) is 5.41 Å². The molecule has 4 heteroatoms. The molecule has 1 N–H and O–H groups in total. The van der Waals surface area contributed by atoms with Crippen LogP contribution in [-0.4, -0.2) is 23.7 Å². The van der Waals surface area contributed by atoms with E-state index in [1.54, 1.807) is 13.8 Å². The molecule has 0 radical (unpaired) electrons. The van der Waals surface area contributed by atoms with E-state index in [4.69, 9.17) is 9.84 Å². The second-order valence-corrected chi connectivity index (χ2v) is 3.28. The van der Waals surface area contributed by atoms with E-state index >= 15 is 0 Å². The second kappa shape index (κ2) is 6.07. The molecule has 0 rings (SSSR count). The summed E-state index contributed by atoms with van der Waals surface area (Å²) in [5, 5.41) is 8.98. The molecule has 0 heterocycles. The van der Waals surface area contributed by atoms with Crippen molar-refractivity contribution in [2.24, 2.45) is 5.41 Å². The van der Waals surface area contributed by atoms with Gasteiger partial charge in [0, 0.05) is 6.42 Å². The Morgan fingerprint density at radius 3 is 2.47 bits per heavy atom. The highest BCUT2D eigenvalue weighted by Gasteiger charge is 2.42. The highest BCUT2D eigenvalue weighted by atomic mass is 16.5. The molecular formula is C11H16O4. The third kappa shape index (κ3) is 3.62. The zero-order valence-electron chi connectivity index (χ0n) is 9.29. The van der Waals surface area contributed by atoms with Crippen LogP contribution in [0, 0.1) is 17.3 Å². The Balaban J connectivity index is 4.63. The summed E-state index contributed by atoms with van der Waals surface area (Å²) in [6.45, 7) is 4.86. The minimum absolute atomic E-state index is 0.169. The number of rotatable bonds is 5. The molecule has 0 fully saturated rings. The summed E-state index contributed by atoms with van der Waals surface area (Å²) in [5.41, 5.74) is -1.49. The summed E-state index contributed by atoms with van der Waals surface area (Å²) in [6.07, 6.45) is 0.542. The molecule has 0 aliphatic carbocycles. The molecule has 0 aliphatic heterocycles. The van der Waals surface area contributed by atoms with Crippen LogP contribution in [0.2, 0.25) is 0 Å². The molecule has 84 valence electrons. The van der Waals surface area contributed by atoms with Crippen molar-refractivity contribution in [3.63, 3.8) is 0 Å². The van der Waals surface area contributed by atoms with Gasteiger partial charge in [0.25, 0.3) is 0 Å². The minimum Gasteiger partial charge on any atom is -0.480 e. The van der Waals surface area contributed by atoms with Crippen LogP contribution in [-0.2, 0) is 14.3 Å². The number of carbonyl (C=O) groups excluding carboxylic acids is 1. The van der Waals surface area contributed by atoms with Crippen LogP contribution < -0.4 is 0 Å². The van der Waals surface area contributed by atoms with Gasteiger partial charge in [-0.25, -0.2) is 0 Å². The number of esters is 1. The molecule has 0 aromatic heterocycles. The largest absolute Gasteiger partial charge is 0.480 e. The fourth-order valence-electron chi connectivity index (χ4n) is 1.02. The average molecular weight is 212 g/mol. The van der Waals surface area contributed by atoms with Crippen molar-refractivity contribution < 1.29 is 19.4 Å². The van der Waals surface area contributed by atoms with Crippen LogP contribution >= 0.6 is 0 Å². The fraction of sp³-hybridized carbons (Fsp3) is 0.636. The number of ether oxygens (including phenoxy) is 1. The van der Waals surface area contributed by atoms with Gasteiger partial charge in [-0.2, -0.15) is 0 Å². The van der Waals surface area contributed by atoms with E-state index in [0.29, 0.717) is 6.42 Å². The van der Waals surface area contributed by atoms with Gasteiger partial charge < -0.3 is 9.84 Å². The van der Waals surface area contributed by atoms with Gasteiger partial charge in [-0.3, -0.25) is 9.59 Å². The van der Waals surface area contributed by atoms with Crippen molar-refractivity contribution in [2.45, 2.75) is 33.6 Å². The maximum atomic E-state index is 11.4. The van der Waals surface area contributed by atoms with E-state index in [2.05, 4.69) is 11.8 Å². The van der Waals surface area contributed by atoms with Crippen LogP contribution in [0.15, 0.2) is 0 Å². The Kier molecular flexibility index (Phi) is 5.46. The first-order valence-electron chi connectivity index (χ1n) is 4.79. The standard InChI is InChI=1S/C11H16O4/c1-4-6-7-8-11(3,9(12)13)10(14)15-5-2/h5,7-8H2,1-3H3,(H,12,13). The van der Waals surface area contributed by atoms with E-state index in [1.807, 2.05) is 0 Å². The predicted molar refractivity (Wildman–Crippen MR) is 55.1 cm³/mol. The number of carbonyl (C=O) groups is 2. The van der Waals surface area contributed by atoms with Gasteiger partial charge in [0.05, 0.1) is 6.61 Å². The number of hydrogen-bond acceptors (Lipinski definition) is 3. The lowest BCUT2D eigenvalue weighted by Gasteiger charge is -2.21.